The number of fused-ring (bicyclic) bond motifs is 1. The van der Waals surface area contributed by atoms with Crippen molar-refractivity contribution in [1.82, 2.24) is 9.97 Å². The van der Waals surface area contributed by atoms with Crippen LogP contribution in [-0.2, 0) is 0 Å². The average Bonchev–Trinajstić information content (AvgIpc) is 2.55. The van der Waals surface area contributed by atoms with Crippen molar-refractivity contribution in [1.29, 1.82) is 0 Å². The number of ether oxygens (including phenoxy) is 1. The third-order valence-electron chi connectivity index (χ3n) is 1.72. The highest BCUT2D eigenvalue weighted by molar-refractivity contribution is 6.44. The maximum atomic E-state index is 5.93. The molecule has 68 valence electrons. The fraction of sp³-hybridized carbons (Fsp3) is 0.125. The van der Waals surface area contributed by atoms with Crippen LogP contribution in [0, 0.1) is 0 Å². The molecule has 0 saturated carbocycles. The van der Waals surface area contributed by atoms with Crippen molar-refractivity contribution in [2.24, 2.45) is 0 Å². The summed E-state index contributed by atoms with van der Waals surface area (Å²) in [6.45, 7) is 0. The molecule has 0 spiro atoms. The molecule has 13 heavy (non-hydrogen) atoms. The van der Waals surface area contributed by atoms with E-state index in [1.165, 1.54) is 7.11 Å². The van der Waals surface area contributed by atoms with Crippen LogP contribution in [0.3, 0.4) is 0 Å². The SMILES string of the molecule is COc1nc2c(Cl)c(Cl)ccc2[nH]1. The summed E-state index contributed by atoms with van der Waals surface area (Å²) in [6.07, 6.45) is 0. The van der Waals surface area contributed by atoms with E-state index in [9.17, 15) is 0 Å². The molecule has 0 aliphatic rings. The minimum Gasteiger partial charge on any atom is -0.468 e. The Morgan fingerprint density at radius 1 is 1.38 bits per heavy atom. The maximum absolute atomic E-state index is 5.93. The molecule has 0 unspecified atom stereocenters. The number of hydrogen-bond acceptors (Lipinski definition) is 2. The molecule has 1 aromatic heterocycles. The fourth-order valence-corrected chi connectivity index (χ4v) is 1.45. The smallest absolute Gasteiger partial charge is 0.294 e. The number of aromatic amines is 1. The van der Waals surface area contributed by atoms with E-state index in [0.717, 1.165) is 5.52 Å². The molecule has 0 amide bonds. The summed E-state index contributed by atoms with van der Waals surface area (Å²) >= 11 is 11.7. The zero-order chi connectivity index (χ0) is 9.42. The molecule has 3 nitrogen and oxygen atoms in total. The molecule has 0 radical (unpaired) electrons. The van der Waals surface area contributed by atoms with Gasteiger partial charge in [0, 0.05) is 0 Å². The first kappa shape index (κ1) is 8.66. The summed E-state index contributed by atoms with van der Waals surface area (Å²) in [6, 6.07) is 3.95. The molecule has 0 atom stereocenters. The van der Waals surface area contributed by atoms with Gasteiger partial charge in [-0.3, -0.25) is 0 Å². The van der Waals surface area contributed by atoms with E-state index >= 15 is 0 Å². The summed E-state index contributed by atoms with van der Waals surface area (Å²) in [4.78, 5) is 7.03. The zero-order valence-corrected chi connectivity index (χ0v) is 8.28. The summed E-state index contributed by atoms with van der Waals surface area (Å²) < 4.78 is 4.93. The number of nitrogens with one attached hydrogen (secondary N) is 1. The Kier molecular flexibility index (Phi) is 2.06. The number of rotatable bonds is 1. The lowest BCUT2D eigenvalue weighted by Crippen LogP contribution is -1.82. The van der Waals surface area contributed by atoms with E-state index in [2.05, 4.69) is 9.97 Å². The lowest BCUT2D eigenvalue weighted by Gasteiger charge is -1.93. The molecule has 1 heterocycles. The van der Waals surface area contributed by atoms with Crippen molar-refractivity contribution in [3.05, 3.63) is 22.2 Å². The van der Waals surface area contributed by atoms with Crippen LogP contribution in [0.15, 0.2) is 12.1 Å². The number of H-pyrrole nitrogens is 1. The molecule has 2 aromatic rings. The highest BCUT2D eigenvalue weighted by Crippen LogP contribution is 2.30. The first-order valence-corrected chi connectivity index (χ1v) is 4.35. The van der Waals surface area contributed by atoms with E-state index in [0.29, 0.717) is 21.6 Å². The van der Waals surface area contributed by atoms with Crippen molar-refractivity contribution >= 4 is 34.2 Å². The van der Waals surface area contributed by atoms with Gasteiger partial charge >= 0.3 is 0 Å². The highest BCUT2D eigenvalue weighted by Gasteiger charge is 2.08. The van der Waals surface area contributed by atoms with Crippen LogP contribution >= 0.6 is 23.2 Å². The van der Waals surface area contributed by atoms with Gasteiger partial charge in [-0.15, -0.1) is 0 Å². The number of imidazole rings is 1. The predicted octanol–water partition coefficient (Wildman–Crippen LogP) is 2.88. The zero-order valence-electron chi connectivity index (χ0n) is 6.77. The van der Waals surface area contributed by atoms with Gasteiger partial charge in [-0.2, -0.15) is 4.98 Å². The van der Waals surface area contributed by atoms with Crippen LogP contribution in [0.4, 0.5) is 0 Å². The van der Waals surface area contributed by atoms with Gasteiger partial charge in [0.05, 0.1) is 22.7 Å². The standard InChI is InChI=1S/C8H6Cl2N2O/c1-13-8-11-5-3-2-4(9)6(10)7(5)12-8/h2-3H,1H3,(H,11,12). The molecule has 0 saturated heterocycles. The average molecular weight is 217 g/mol. The van der Waals surface area contributed by atoms with Gasteiger partial charge in [-0.25, -0.2) is 0 Å². The Morgan fingerprint density at radius 3 is 2.85 bits per heavy atom. The van der Waals surface area contributed by atoms with Crippen molar-refractivity contribution in [3.63, 3.8) is 0 Å². The number of nitrogens with zero attached hydrogens (tertiary/aromatic N) is 1. The second-order valence-corrected chi connectivity index (χ2v) is 3.29. The van der Waals surface area contributed by atoms with E-state index in [1.807, 2.05) is 0 Å². The van der Waals surface area contributed by atoms with Gasteiger partial charge in [0.2, 0.25) is 0 Å². The predicted molar refractivity (Wildman–Crippen MR) is 52.7 cm³/mol. The largest absolute Gasteiger partial charge is 0.468 e. The van der Waals surface area contributed by atoms with E-state index in [-0.39, 0.29) is 0 Å². The van der Waals surface area contributed by atoms with Crippen LogP contribution in [0.25, 0.3) is 11.0 Å². The Labute approximate surface area is 84.6 Å². The number of aromatic nitrogens is 2. The molecular formula is C8H6Cl2N2O. The topological polar surface area (TPSA) is 37.9 Å². The number of benzene rings is 1. The minimum absolute atomic E-state index is 0.430. The van der Waals surface area contributed by atoms with E-state index in [1.54, 1.807) is 12.1 Å². The first-order chi connectivity index (χ1) is 6.22. The lowest BCUT2D eigenvalue weighted by molar-refractivity contribution is 0.386. The van der Waals surface area contributed by atoms with Gasteiger partial charge in [0.1, 0.15) is 5.52 Å². The van der Waals surface area contributed by atoms with Crippen LogP contribution in [0.5, 0.6) is 6.01 Å². The quantitative estimate of drug-likeness (QED) is 0.797. The molecular weight excluding hydrogens is 211 g/mol. The summed E-state index contributed by atoms with van der Waals surface area (Å²) in [7, 11) is 1.53. The van der Waals surface area contributed by atoms with Crippen molar-refractivity contribution < 1.29 is 4.74 Å². The number of methoxy groups -OCH3 is 1. The highest BCUT2D eigenvalue weighted by atomic mass is 35.5. The van der Waals surface area contributed by atoms with Gasteiger partial charge < -0.3 is 9.72 Å². The number of halogens is 2. The van der Waals surface area contributed by atoms with Crippen molar-refractivity contribution in [2.75, 3.05) is 7.11 Å². The van der Waals surface area contributed by atoms with Gasteiger partial charge in [0.15, 0.2) is 0 Å². The molecule has 1 N–H and O–H groups in total. The van der Waals surface area contributed by atoms with Crippen LogP contribution in [0.1, 0.15) is 0 Å². The fourth-order valence-electron chi connectivity index (χ4n) is 1.09. The monoisotopic (exact) mass is 216 g/mol. The third kappa shape index (κ3) is 1.34. The van der Waals surface area contributed by atoms with Gasteiger partial charge in [-0.05, 0) is 12.1 Å². The van der Waals surface area contributed by atoms with Crippen molar-refractivity contribution in [2.45, 2.75) is 0 Å². The van der Waals surface area contributed by atoms with Crippen LogP contribution in [-0.4, -0.2) is 17.1 Å². The summed E-state index contributed by atoms with van der Waals surface area (Å²) in [5, 5.41) is 0.932. The molecule has 1 aromatic carbocycles. The lowest BCUT2D eigenvalue weighted by atomic mass is 10.3. The van der Waals surface area contributed by atoms with E-state index < -0.39 is 0 Å². The Morgan fingerprint density at radius 2 is 2.15 bits per heavy atom. The third-order valence-corrected chi connectivity index (χ3v) is 2.51. The molecule has 0 bridgehead atoms. The number of hydrogen-bond donors (Lipinski definition) is 1. The van der Waals surface area contributed by atoms with Gasteiger partial charge in [-0.1, -0.05) is 23.2 Å². The maximum Gasteiger partial charge on any atom is 0.294 e. The van der Waals surface area contributed by atoms with Crippen LogP contribution < -0.4 is 4.74 Å². The Hall–Kier alpha value is -0.930. The van der Waals surface area contributed by atoms with Gasteiger partial charge in [0.25, 0.3) is 6.01 Å². The Bertz CT molecular complexity index is 453. The second kappa shape index (κ2) is 3.09. The second-order valence-electron chi connectivity index (χ2n) is 2.50. The molecule has 0 aliphatic carbocycles. The first-order valence-electron chi connectivity index (χ1n) is 3.60. The molecule has 5 heteroatoms. The summed E-state index contributed by atoms with van der Waals surface area (Å²) in [5.41, 5.74) is 1.44. The molecule has 2 rings (SSSR count). The Balaban J connectivity index is 2.76. The van der Waals surface area contributed by atoms with Crippen molar-refractivity contribution in [3.8, 4) is 6.01 Å². The summed E-state index contributed by atoms with van der Waals surface area (Å²) in [5.74, 6) is 0. The normalized spacial score (nSPS) is 10.7. The minimum atomic E-state index is 0.430. The molecule has 0 aliphatic heterocycles. The molecule has 0 fully saturated rings. The van der Waals surface area contributed by atoms with E-state index in [4.69, 9.17) is 27.9 Å². The van der Waals surface area contributed by atoms with Crippen LogP contribution in [0.2, 0.25) is 10.0 Å².